The third kappa shape index (κ3) is 3.91. The third-order valence-electron chi connectivity index (χ3n) is 3.26. The Morgan fingerprint density at radius 3 is 3.10 bits per heavy atom. The number of rotatable bonds is 5. The molecule has 1 saturated heterocycles. The first-order valence-corrected chi connectivity index (χ1v) is 6.46. The Morgan fingerprint density at radius 1 is 1.60 bits per heavy atom. The van der Waals surface area contributed by atoms with E-state index in [1.54, 1.807) is 13.2 Å². The first-order valence-electron chi connectivity index (χ1n) is 6.46. The van der Waals surface area contributed by atoms with Gasteiger partial charge >= 0.3 is 5.97 Å². The van der Waals surface area contributed by atoms with Crippen molar-refractivity contribution >= 4 is 5.97 Å². The summed E-state index contributed by atoms with van der Waals surface area (Å²) in [6, 6.07) is 4.40. The molecule has 1 atom stereocenters. The van der Waals surface area contributed by atoms with Crippen molar-refractivity contribution in [2.75, 3.05) is 26.8 Å². The van der Waals surface area contributed by atoms with Gasteiger partial charge < -0.3 is 14.6 Å². The quantitative estimate of drug-likeness (QED) is 0.887. The number of benzene rings is 1. The normalized spacial score (nSPS) is 19.8. The molecule has 1 aliphatic rings. The second-order valence-electron chi connectivity index (χ2n) is 4.78. The molecule has 6 heteroatoms. The number of nitrogens with zero attached hydrogens (tertiary/aromatic N) is 1. The molecule has 0 aromatic heterocycles. The van der Waals surface area contributed by atoms with Gasteiger partial charge in [-0.1, -0.05) is 0 Å². The Morgan fingerprint density at radius 2 is 2.40 bits per heavy atom. The van der Waals surface area contributed by atoms with Gasteiger partial charge in [0.1, 0.15) is 11.6 Å². The van der Waals surface area contributed by atoms with Crippen LogP contribution in [0.5, 0.6) is 5.75 Å². The van der Waals surface area contributed by atoms with Crippen LogP contribution in [0, 0.1) is 5.82 Å². The van der Waals surface area contributed by atoms with Crippen LogP contribution in [0.4, 0.5) is 4.39 Å². The fraction of sp³-hybridized carbons (Fsp3) is 0.500. The second-order valence-corrected chi connectivity index (χ2v) is 4.78. The largest absolute Gasteiger partial charge is 0.496 e. The van der Waals surface area contributed by atoms with E-state index in [0.717, 1.165) is 5.56 Å². The summed E-state index contributed by atoms with van der Waals surface area (Å²) in [7, 11) is 1.54. The fourth-order valence-electron chi connectivity index (χ4n) is 2.35. The zero-order valence-electron chi connectivity index (χ0n) is 11.3. The van der Waals surface area contributed by atoms with E-state index in [1.807, 2.05) is 0 Å². The first kappa shape index (κ1) is 14.7. The number of carboxylic acids is 1. The van der Waals surface area contributed by atoms with Crippen LogP contribution in [0.1, 0.15) is 12.0 Å². The van der Waals surface area contributed by atoms with E-state index >= 15 is 0 Å². The molecule has 1 fully saturated rings. The highest BCUT2D eigenvalue weighted by Gasteiger charge is 2.23. The van der Waals surface area contributed by atoms with Gasteiger partial charge in [0.05, 0.1) is 26.2 Å². The molecule has 1 aromatic carbocycles. The second kappa shape index (κ2) is 6.67. The summed E-state index contributed by atoms with van der Waals surface area (Å²) in [5.41, 5.74) is 0.753. The molecule has 1 aromatic rings. The van der Waals surface area contributed by atoms with Gasteiger partial charge in [-0.15, -0.1) is 0 Å². The first-order chi connectivity index (χ1) is 9.58. The van der Waals surface area contributed by atoms with Crippen molar-refractivity contribution in [3.8, 4) is 5.75 Å². The minimum atomic E-state index is -0.875. The van der Waals surface area contributed by atoms with Crippen LogP contribution in [-0.2, 0) is 16.1 Å². The zero-order chi connectivity index (χ0) is 14.5. The smallest absolute Gasteiger partial charge is 0.306 e. The van der Waals surface area contributed by atoms with E-state index in [1.165, 1.54) is 12.1 Å². The lowest BCUT2D eigenvalue weighted by Gasteiger charge is -2.32. The van der Waals surface area contributed by atoms with Crippen LogP contribution in [0.15, 0.2) is 18.2 Å². The number of morpholine rings is 1. The molecule has 1 heterocycles. The van der Waals surface area contributed by atoms with E-state index in [4.69, 9.17) is 14.6 Å². The molecule has 1 aliphatic heterocycles. The van der Waals surface area contributed by atoms with E-state index in [2.05, 4.69) is 4.90 Å². The average molecular weight is 283 g/mol. The molecular weight excluding hydrogens is 265 g/mol. The number of aliphatic carboxylic acids is 1. The van der Waals surface area contributed by atoms with Crippen LogP contribution >= 0.6 is 0 Å². The van der Waals surface area contributed by atoms with Gasteiger partial charge in [0.25, 0.3) is 0 Å². The van der Waals surface area contributed by atoms with Gasteiger partial charge in [-0.3, -0.25) is 9.69 Å². The van der Waals surface area contributed by atoms with Crippen LogP contribution in [-0.4, -0.2) is 48.9 Å². The molecule has 20 heavy (non-hydrogen) atoms. The van der Waals surface area contributed by atoms with Gasteiger partial charge in [0, 0.05) is 25.2 Å². The van der Waals surface area contributed by atoms with Crippen LogP contribution < -0.4 is 4.74 Å². The molecule has 0 spiro atoms. The summed E-state index contributed by atoms with van der Waals surface area (Å²) in [6.07, 6.45) is -0.336. The molecule has 0 aliphatic carbocycles. The molecule has 0 bridgehead atoms. The average Bonchev–Trinajstić information content (AvgIpc) is 2.38. The number of ether oxygens (including phenoxy) is 2. The number of carboxylic acid groups (broad SMARTS) is 1. The molecule has 0 saturated carbocycles. The van der Waals surface area contributed by atoms with E-state index in [-0.39, 0.29) is 18.3 Å². The molecule has 1 unspecified atom stereocenters. The van der Waals surface area contributed by atoms with Crippen molar-refractivity contribution in [2.24, 2.45) is 0 Å². The lowest BCUT2D eigenvalue weighted by Crippen LogP contribution is -2.42. The third-order valence-corrected chi connectivity index (χ3v) is 3.26. The maximum absolute atomic E-state index is 13.3. The van der Waals surface area contributed by atoms with Crippen molar-refractivity contribution < 1.29 is 23.8 Å². The minimum Gasteiger partial charge on any atom is -0.496 e. The topological polar surface area (TPSA) is 59.0 Å². The lowest BCUT2D eigenvalue weighted by molar-refractivity contribution is -0.142. The van der Waals surface area contributed by atoms with Crippen molar-refractivity contribution in [2.45, 2.75) is 19.1 Å². The SMILES string of the molecule is COc1ccc(F)cc1CN1CCOC(CC(=O)O)C1. The molecule has 5 nitrogen and oxygen atoms in total. The Hall–Kier alpha value is -1.66. The summed E-state index contributed by atoms with van der Waals surface area (Å²) >= 11 is 0. The molecule has 0 radical (unpaired) electrons. The standard InChI is InChI=1S/C14H18FNO4/c1-19-13-3-2-11(15)6-10(13)8-16-4-5-20-12(9-16)7-14(17)18/h2-3,6,12H,4-5,7-9H2,1H3,(H,17,18). The van der Waals surface area contributed by atoms with Crippen LogP contribution in [0.25, 0.3) is 0 Å². The zero-order valence-corrected chi connectivity index (χ0v) is 11.3. The number of carbonyl (C=O) groups is 1. The summed E-state index contributed by atoms with van der Waals surface area (Å²) in [5, 5.41) is 8.79. The van der Waals surface area contributed by atoms with E-state index in [0.29, 0.717) is 32.0 Å². The Labute approximate surface area is 116 Å². The van der Waals surface area contributed by atoms with Crippen molar-refractivity contribution in [3.05, 3.63) is 29.6 Å². The number of hydrogen-bond acceptors (Lipinski definition) is 4. The summed E-state index contributed by atoms with van der Waals surface area (Å²) < 4.78 is 23.9. The highest BCUT2D eigenvalue weighted by Crippen LogP contribution is 2.22. The van der Waals surface area contributed by atoms with Crippen LogP contribution in [0.3, 0.4) is 0 Å². The van der Waals surface area contributed by atoms with Gasteiger partial charge in [-0.05, 0) is 18.2 Å². The summed E-state index contributed by atoms with van der Waals surface area (Å²) in [6.45, 7) is 2.21. The van der Waals surface area contributed by atoms with Crippen molar-refractivity contribution in [3.63, 3.8) is 0 Å². The summed E-state index contributed by atoms with van der Waals surface area (Å²) in [5.74, 6) is -0.552. The van der Waals surface area contributed by atoms with E-state index < -0.39 is 5.97 Å². The number of methoxy groups -OCH3 is 1. The minimum absolute atomic E-state index is 0.0171. The predicted octanol–water partition coefficient (Wildman–Crippen LogP) is 1.51. The Kier molecular flexibility index (Phi) is 4.92. The van der Waals surface area contributed by atoms with Gasteiger partial charge in [0.15, 0.2) is 0 Å². The molecule has 1 N–H and O–H groups in total. The van der Waals surface area contributed by atoms with Gasteiger partial charge in [-0.2, -0.15) is 0 Å². The summed E-state index contributed by atoms with van der Waals surface area (Å²) in [4.78, 5) is 12.8. The Bertz CT molecular complexity index is 480. The maximum Gasteiger partial charge on any atom is 0.306 e. The number of halogens is 1. The molecule has 0 amide bonds. The molecule has 110 valence electrons. The molecular formula is C14H18FNO4. The van der Waals surface area contributed by atoms with Crippen molar-refractivity contribution in [1.82, 2.24) is 4.90 Å². The highest BCUT2D eigenvalue weighted by atomic mass is 19.1. The predicted molar refractivity (Wildman–Crippen MR) is 70.2 cm³/mol. The monoisotopic (exact) mass is 283 g/mol. The van der Waals surface area contributed by atoms with E-state index in [9.17, 15) is 9.18 Å². The highest BCUT2D eigenvalue weighted by molar-refractivity contribution is 5.67. The van der Waals surface area contributed by atoms with Gasteiger partial charge in [0.2, 0.25) is 0 Å². The Balaban J connectivity index is 2.02. The lowest BCUT2D eigenvalue weighted by atomic mass is 10.1. The van der Waals surface area contributed by atoms with Gasteiger partial charge in [-0.25, -0.2) is 4.39 Å². The maximum atomic E-state index is 13.3. The fourth-order valence-corrected chi connectivity index (χ4v) is 2.35. The molecule has 2 rings (SSSR count). The number of hydrogen-bond donors (Lipinski definition) is 1. The van der Waals surface area contributed by atoms with Crippen molar-refractivity contribution in [1.29, 1.82) is 0 Å². The van der Waals surface area contributed by atoms with Crippen LogP contribution in [0.2, 0.25) is 0 Å².